The number of ether oxygens (including phenoxy) is 1. The summed E-state index contributed by atoms with van der Waals surface area (Å²) in [5.74, 6) is 0.984. The normalized spacial score (nSPS) is 11.5. The van der Waals surface area contributed by atoms with Crippen LogP contribution in [0.4, 0.5) is 5.95 Å². The van der Waals surface area contributed by atoms with E-state index in [9.17, 15) is 0 Å². The largest absolute Gasteiger partial charge is 0.495 e. The van der Waals surface area contributed by atoms with Gasteiger partial charge >= 0.3 is 0 Å². The summed E-state index contributed by atoms with van der Waals surface area (Å²) >= 11 is 6.91. The Labute approximate surface area is 165 Å². The molecular weight excluding hydrogens is 464 g/mol. The lowest BCUT2D eigenvalue weighted by atomic mass is 10.2. The number of aromatic amines is 1. The zero-order valence-corrected chi connectivity index (χ0v) is 16.7. The summed E-state index contributed by atoms with van der Waals surface area (Å²) < 4.78 is 7.12. The number of H-pyrrole nitrogens is 1. The number of hydrazone groups is 1. The number of fused-ring (bicyclic) bond motifs is 3. The standard InChI is InChI=1S/C17H12Br2N6O/c1-26-15-9(6-10(18)7-12(15)19)8-20-24-17-22-16-14(23-25-17)11-4-2-3-5-13(11)21-16/h2-8H,1H3,(H2,21,22,24,25)/b20-8+. The van der Waals surface area contributed by atoms with Crippen LogP contribution >= 0.6 is 31.9 Å². The third kappa shape index (κ3) is 3.15. The molecule has 130 valence electrons. The summed E-state index contributed by atoms with van der Waals surface area (Å²) in [4.78, 5) is 7.64. The number of halogens is 2. The van der Waals surface area contributed by atoms with Crippen LogP contribution < -0.4 is 10.2 Å². The number of para-hydroxylation sites is 1. The van der Waals surface area contributed by atoms with Gasteiger partial charge in [0.2, 0.25) is 0 Å². The van der Waals surface area contributed by atoms with E-state index >= 15 is 0 Å². The molecule has 7 nitrogen and oxygen atoms in total. The Kier molecular flexibility index (Phi) is 4.56. The summed E-state index contributed by atoms with van der Waals surface area (Å²) in [6.45, 7) is 0. The highest BCUT2D eigenvalue weighted by atomic mass is 79.9. The van der Waals surface area contributed by atoms with Crippen LogP contribution in [0.25, 0.3) is 22.1 Å². The minimum Gasteiger partial charge on any atom is -0.495 e. The molecule has 0 bridgehead atoms. The lowest BCUT2D eigenvalue weighted by Crippen LogP contribution is -2.00. The highest BCUT2D eigenvalue weighted by Crippen LogP contribution is 2.31. The first-order valence-electron chi connectivity index (χ1n) is 7.59. The Morgan fingerprint density at radius 3 is 2.88 bits per heavy atom. The van der Waals surface area contributed by atoms with Gasteiger partial charge in [0.05, 0.1) is 17.8 Å². The van der Waals surface area contributed by atoms with Gasteiger partial charge in [-0.15, -0.1) is 10.2 Å². The summed E-state index contributed by atoms with van der Waals surface area (Å²) in [6, 6.07) is 11.7. The molecule has 2 aromatic carbocycles. The molecule has 2 heterocycles. The monoisotopic (exact) mass is 474 g/mol. The molecule has 0 fully saturated rings. The molecule has 0 amide bonds. The Morgan fingerprint density at radius 2 is 2.04 bits per heavy atom. The van der Waals surface area contributed by atoms with Crippen molar-refractivity contribution in [1.82, 2.24) is 20.2 Å². The molecule has 2 aromatic heterocycles. The smallest absolute Gasteiger partial charge is 0.265 e. The number of aromatic nitrogens is 4. The molecule has 0 radical (unpaired) electrons. The number of hydrogen-bond acceptors (Lipinski definition) is 6. The van der Waals surface area contributed by atoms with Crippen LogP contribution in [-0.2, 0) is 0 Å². The van der Waals surface area contributed by atoms with Gasteiger partial charge in [-0.05, 0) is 34.1 Å². The van der Waals surface area contributed by atoms with Crippen LogP contribution in [0.5, 0.6) is 5.75 Å². The van der Waals surface area contributed by atoms with Gasteiger partial charge in [0.1, 0.15) is 11.3 Å². The van der Waals surface area contributed by atoms with Crippen molar-refractivity contribution >= 4 is 66.1 Å². The molecule has 0 saturated carbocycles. The quantitative estimate of drug-likeness (QED) is 0.335. The van der Waals surface area contributed by atoms with Crippen molar-refractivity contribution in [3.8, 4) is 5.75 Å². The second-order valence-corrected chi connectivity index (χ2v) is 7.15. The van der Waals surface area contributed by atoms with E-state index in [4.69, 9.17) is 4.74 Å². The third-order valence-electron chi connectivity index (χ3n) is 3.73. The number of nitrogens with one attached hydrogen (secondary N) is 2. The van der Waals surface area contributed by atoms with Gasteiger partial charge in [0.15, 0.2) is 5.65 Å². The molecule has 0 spiro atoms. The number of nitrogens with zero attached hydrogens (tertiary/aromatic N) is 4. The molecule has 9 heteroatoms. The van der Waals surface area contributed by atoms with Gasteiger partial charge in [0.25, 0.3) is 5.95 Å². The molecule has 0 aliphatic rings. The second-order valence-electron chi connectivity index (χ2n) is 5.38. The van der Waals surface area contributed by atoms with Crippen molar-refractivity contribution in [3.05, 3.63) is 50.9 Å². The van der Waals surface area contributed by atoms with Crippen molar-refractivity contribution in [2.45, 2.75) is 0 Å². The van der Waals surface area contributed by atoms with Gasteiger partial charge in [0, 0.05) is 20.9 Å². The Balaban J connectivity index is 1.62. The predicted molar refractivity (Wildman–Crippen MR) is 109 cm³/mol. The van der Waals surface area contributed by atoms with E-state index in [1.165, 1.54) is 0 Å². The second kappa shape index (κ2) is 7.00. The molecule has 4 aromatic rings. The molecular formula is C17H12Br2N6O. The molecule has 0 atom stereocenters. The topological polar surface area (TPSA) is 88.1 Å². The number of methoxy groups -OCH3 is 1. The van der Waals surface area contributed by atoms with E-state index < -0.39 is 0 Å². The molecule has 26 heavy (non-hydrogen) atoms. The minimum atomic E-state index is 0.299. The van der Waals surface area contributed by atoms with Crippen molar-refractivity contribution < 1.29 is 4.74 Å². The van der Waals surface area contributed by atoms with Crippen LogP contribution in [0.2, 0.25) is 0 Å². The first-order valence-corrected chi connectivity index (χ1v) is 9.17. The van der Waals surface area contributed by atoms with E-state index in [0.717, 1.165) is 30.9 Å². The van der Waals surface area contributed by atoms with E-state index in [1.807, 2.05) is 36.4 Å². The van der Waals surface area contributed by atoms with Crippen LogP contribution in [-0.4, -0.2) is 33.5 Å². The SMILES string of the molecule is COc1c(Br)cc(Br)cc1/C=N/Nc1nnc2c(n1)[nH]c1ccccc12. The van der Waals surface area contributed by atoms with Crippen molar-refractivity contribution in [2.75, 3.05) is 12.5 Å². The number of rotatable bonds is 4. The average molecular weight is 476 g/mol. The third-order valence-corrected chi connectivity index (χ3v) is 4.78. The van der Waals surface area contributed by atoms with Crippen LogP contribution in [0, 0.1) is 0 Å². The maximum atomic E-state index is 5.39. The highest BCUT2D eigenvalue weighted by Gasteiger charge is 2.09. The van der Waals surface area contributed by atoms with E-state index in [2.05, 4.69) is 62.6 Å². The first-order chi connectivity index (χ1) is 12.7. The van der Waals surface area contributed by atoms with Crippen molar-refractivity contribution in [3.63, 3.8) is 0 Å². The Bertz CT molecular complexity index is 1140. The summed E-state index contributed by atoms with van der Waals surface area (Å²) in [5.41, 5.74) is 5.94. The maximum Gasteiger partial charge on any atom is 0.265 e. The molecule has 4 rings (SSSR count). The number of benzene rings is 2. The van der Waals surface area contributed by atoms with Crippen LogP contribution in [0.3, 0.4) is 0 Å². The Morgan fingerprint density at radius 1 is 1.19 bits per heavy atom. The fourth-order valence-electron chi connectivity index (χ4n) is 2.62. The fourth-order valence-corrected chi connectivity index (χ4v) is 4.04. The lowest BCUT2D eigenvalue weighted by molar-refractivity contribution is 0.411. The van der Waals surface area contributed by atoms with E-state index in [-0.39, 0.29) is 0 Å². The lowest BCUT2D eigenvalue weighted by Gasteiger charge is -2.07. The van der Waals surface area contributed by atoms with Gasteiger partial charge in [-0.1, -0.05) is 34.1 Å². The molecule has 0 aliphatic heterocycles. The molecule has 2 N–H and O–H groups in total. The van der Waals surface area contributed by atoms with Crippen molar-refractivity contribution in [2.24, 2.45) is 5.10 Å². The summed E-state index contributed by atoms with van der Waals surface area (Å²) in [7, 11) is 1.61. The van der Waals surface area contributed by atoms with Gasteiger partial charge < -0.3 is 9.72 Å². The zero-order valence-electron chi connectivity index (χ0n) is 13.5. The van der Waals surface area contributed by atoms with Crippen molar-refractivity contribution in [1.29, 1.82) is 0 Å². The molecule has 0 aliphatic carbocycles. The molecule has 0 saturated heterocycles. The van der Waals surface area contributed by atoms with E-state index in [1.54, 1.807) is 13.3 Å². The number of anilines is 1. The van der Waals surface area contributed by atoms with Crippen LogP contribution in [0.15, 0.2) is 50.4 Å². The van der Waals surface area contributed by atoms with Gasteiger partial charge in [-0.2, -0.15) is 10.1 Å². The summed E-state index contributed by atoms with van der Waals surface area (Å²) in [5, 5.41) is 13.5. The van der Waals surface area contributed by atoms with E-state index in [0.29, 0.717) is 17.3 Å². The highest BCUT2D eigenvalue weighted by molar-refractivity contribution is 9.11. The Hall–Kier alpha value is -2.52. The van der Waals surface area contributed by atoms with Gasteiger partial charge in [-0.3, -0.25) is 0 Å². The first kappa shape index (κ1) is 16.9. The zero-order chi connectivity index (χ0) is 18.1. The van der Waals surface area contributed by atoms with Crippen LogP contribution in [0.1, 0.15) is 5.56 Å². The van der Waals surface area contributed by atoms with Gasteiger partial charge in [-0.25, -0.2) is 5.43 Å². The minimum absolute atomic E-state index is 0.299. The maximum absolute atomic E-state index is 5.39. The number of hydrogen-bond donors (Lipinski definition) is 2. The predicted octanol–water partition coefficient (Wildman–Crippen LogP) is 4.49. The average Bonchev–Trinajstić information content (AvgIpc) is 2.99. The summed E-state index contributed by atoms with van der Waals surface area (Å²) in [6.07, 6.45) is 1.63. The fraction of sp³-hybridized carbons (Fsp3) is 0.0588. The molecule has 0 unspecified atom stereocenters.